The van der Waals surface area contributed by atoms with Crippen LogP contribution in [0.15, 0.2) is 42.6 Å². The predicted molar refractivity (Wildman–Crippen MR) is 218 cm³/mol. The van der Waals surface area contributed by atoms with Gasteiger partial charge in [0.2, 0.25) is 15.9 Å². The first kappa shape index (κ1) is 42.7. The average molecular weight is 908 g/mol. The summed E-state index contributed by atoms with van der Waals surface area (Å²) in [6, 6.07) is 7.25. The van der Waals surface area contributed by atoms with Gasteiger partial charge in [-0.3, -0.25) is 18.9 Å². The summed E-state index contributed by atoms with van der Waals surface area (Å²) in [5.41, 5.74) is 0.207. The summed E-state index contributed by atoms with van der Waals surface area (Å²) in [5, 5.41) is 15.8. The van der Waals surface area contributed by atoms with Gasteiger partial charge >= 0.3 is 0 Å². The molecule has 2 aromatic carbocycles. The fourth-order valence-corrected chi connectivity index (χ4v) is 9.60. The number of sulfonamides is 1. The van der Waals surface area contributed by atoms with Gasteiger partial charge in [-0.1, -0.05) is 37.3 Å². The zero-order valence-corrected chi connectivity index (χ0v) is 36.0. The molecule has 22 heteroatoms. The molecule has 4 aromatic heterocycles. The highest BCUT2D eigenvalue weighted by Crippen LogP contribution is 2.68. The Morgan fingerprint density at radius 2 is 1.77 bits per heavy atom. The van der Waals surface area contributed by atoms with Gasteiger partial charge in [0.15, 0.2) is 5.82 Å². The largest absolute Gasteiger partial charge is 0.360 e. The zero-order chi connectivity index (χ0) is 43.9. The van der Waals surface area contributed by atoms with E-state index in [1.54, 1.807) is 23.9 Å². The maximum atomic E-state index is 15.5. The Hall–Kier alpha value is -4.99. The first-order valence-corrected chi connectivity index (χ1v) is 25.2. The Labute approximate surface area is 351 Å². The van der Waals surface area contributed by atoms with Crippen LogP contribution in [0.2, 0.25) is 30.7 Å². The average Bonchev–Trinajstić information content (AvgIpc) is 3.43. The highest BCUT2D eigenvalue weighted by Gasteiger charge is 2.67. The van der Waals surface area contributed by atoms with Gasteiger partial charge in [0, 0.05) is 50.4 Å². The molecule has 0 saturated heterocycles. The highest BCUT2D eigenvalue weighted by atomic mass is 35.5. The number of aromatic nitrogens is 7. The predicted octanol–water partition coefficient (Wildman–Crippen LogP) is 8.04. The summed E-state index contributed by atoms with van der Waals surface area (Å²) >= 11 is 6.68. The number of halogens is 7. The molecule has 4 heterocycles. The third-order valence-corrected chi connectivity index (χ3v) is 13.4. The number of pyridine rings is 1. The molecule has 0 radical (unpaired) electrons. The van der Waals surface area contributed by atoms with Crippen LogP contribution in [0, 0.1) is 17.6 Å². The second-order valence-corrected chi connectivity index (χ2v) is 24.5. The van der Waals surface area contributed by atoms with E-state index >= 15 is 8.78 Å². The summed E-state index contributed by atoms with van der Waals surface area (Å²) in [7, 11) is -3.72. The van der Waals surface area contributed by atoms with Crippen molar-refractivity contribution < 1.29 is 44.3 Å². The minimum atomic E-state index is -3.84. The van der Waals surface area contributed by atoms with Crippen molar-refractivity contribution in [2.45, 2.75) is 76.1 Å². The van der Waals surface area contributed by atoms with Crippen LogP contribution < -0.4 is 10.0 Å². The topological polar surface area (TPSA) is 151 Å². The van der Waals surface area contributed by atoms with E-state index in [-0.39, 0.29) is 52.6 Å². The van der Waals surface area contributed by atoms with Gasteiger partial charge in [0.05, 0.1) is 45.6 Å². The van der Waals surface area contributed by atoms with Crippen molar-refractivity contribution in [2.75, 3.05) is 17.6 Å². The van der Waals surface area contributed by atoms with Gasteiger partial charge in [0.25, 0.3) is 12.3 Å². The first-order chi connectivity index (χ1) is 28.6. The number of alkyl halides is 4. The van der Waals surface area contributed by atoms with E-state index in [2.05, 4.69) is 45.0 Å². The molecule has 324 valence electrons. The normalized spacial score (nSPS) is 17.6. The van der Waals surface area contributed by atoms with Gasteiger partial charge in [0.1, 0.15) is 41.8 Å². The Morgan fingerprint density at radius 3 is 2.44 bits per heavy atom. The SMILES string of the molecule is Cn1nc(NS(C)(=O)=O)c2c(Cl)ccc(-c3cc4c(cnn4COCC[Si](C)(C)C)nc3C(Cc3cc(F)cc(F)c3)NC(=O)Cn3nc(C(F)F)c4c3C(F)(F)[C@@H]3C[C@H]43)c21. The number of nitrogens with zero attached hydrogens (tertiary/aromatic N) is 7. The molecule has 0 spiro atoms. The van der Waals surface area contributed by atoms with Gasteiger partial charge < -0.3 is 10.1 Å². The number of carbonyl (C=O) groups is 1. The molecule has 1 saturated carbocycles. The standard InChI is InChI=1S/C39H40ClF6N9O4SSi/c1-53-35-22(6-7-26(40)32(35)38(51-53)52-60(2,57)58)23-15-29-28(16-47-55(29)18-59-8-9-61(3,4)5)49-33(23)27(12-19-10-20(41)13-21(42)11-19)48-30(56)17-54-36-31(34(50-54)37(43)44)24-14-25(24)39(36,45)46/h6-7,10-11,13,15-16,24-25,27,37H,8-9,12,14,17-18H2,1-5H3,(H,48,56)(H,51,52)/t24-,25+,27?/m0/s1. The van der Waals surface area contributed by atoms with Crippen LogP contribution >= 0.6 is 11.6 Å². The maximum absolute atomic E-state index is 15.5. The van der Waals surface area contributed by atoms with Crippen LogP contribution in [0.5, 0.6) is 0 Å². The molecule has 1 unspecified atom stereocenters. The van der Waals surface area contributed by atoms with E-state index in [0.29, 0.717) is 45.0 Å². The number of benzene rings is 2. The van der Waals surface area contributed by atoms with Crippen LogP contribution in [0.3, 0.4) is 0 Å². The molecule has 13 nitrogen and oxygen atoms in total. The van der Waals surface area contributed by atoms with Crippen molar-refractivity contribution in [3.8, 4) is 11.1 Å². The lowest BCUT2D eigenvalue weighted by Gasteiger charge is -2.23. The summed E-state index contributed by atoms with van der Waals surface area (Å²) < 4.78 is 125. The number of rotatable bonds is 15. The quantitative estimate of drug-likeness (QED) is 0.0598. The van der Waals surface area contributed by atoms with Crippen molar-refractivity contribution in [3.05, 3.63) is 87.5 Å². The van der Waals surface area contributed by atoms with Gasteiger partial charge in [-0.2, -0.15) is 24.1 Å². The third-order valence-electron chi connectivity index (χ3n) is 10.9. The smallest absolute Gasteiger partial charge is 0.293 e. The van der Waals surface area contributed by atoms with Crippen LogP contribution in [0.25, 0.3) is 33.1 Å². The van der Waals surface area contributed by atoms with Crippen LogP contribution in [-0.4, -0.2) is 69.6 Å². The van der Waals surface area contributed by atoms with Gasteiger partial charge in [-0.05, 0) is 54.6 Å². The molecule has 1 fully saturated rings. The summed E-state index contributed by atoms with van der Waals surface area (Å²) in [6.45, 7) is 6.27. The number of amides is 1. The molecule has 2 aliphatic rings. The van der Waals surface area contributed by atoms with Gasteiger partial charge in [-0.15, -0.1) is 0 Å². The summed E-state index contributed by atoms with van der Waals surface area (Å²) in [6.07, 6.45) is -1.02. The number of aryl methyl sites for hydroxylation is 1. The maximum Gasteiger partial charge on any atom is 0.293 e. The zero-order valence-electron chi connectivity index (χ0n) is 33.4. The Balaban J connectivity index is 1.28. The fraction of sp³-hybridized carbons (Fsp3) is 0.410. The molecule has 6 aromatic rings. The minimum Gasteiger partial charge on any atom is -0.360 e. The number of hydrogen-bond acceptors (Lipinski definition) is 8. The Bertz CT molecular complexity index is 2820. The van der Waals surface area contributed by atoms with E-state index in [0.717, 1.165) is 24.4 Å². The van der Waals surface area contributed by atoms with E-state index in [9.17, 15) is 30.8 Å². The lowest BCUT2D eigenvalue weighted by atomic mass is 9.93. The van der Waals surface area contributed by atoms with Gasteiger partial charge in [-0.25, -0.2) is 35.6 Å². The van der Waals surface area contributed by atoms with Crippen LogP contribution in [-0.2, 0) is 52.2 Å². The lowest BCUT2D eigenvalue weighted by molar-refractivity contribution is -0.123. The molecule has 2 aliphatic carbocycles. The first-order valence-electron chi connectivity index (χ1n) is 19.2. The molecule has 0 bridgehead atoms. The summed E-state index contributed by atoms with van der Waals surface area (Å²) in [4.78, 5) is 19.0. The minimum absolute atomic E-state index is 0.0302. The molecular formula is C39H40ClF6N9O4SSi. The molecule has 0 aliphatic heterocycles. The third kappa shape index (κ3) is 8.36. The van der Waals surface area contributed by atoms with Crippen molar-refractivity contribution in [1.29, 1.82) is 0 Å². The number of hydrogen-bond donors (Lipinski definition) is 2. The molecular weight excluding hydrogens is 868 g/mol. The molecule has 8 rings (SSSR count). The molecule has 1 amide bonds. The van der Waals surface area contributed by atoms with Crippen molar-refractivity contribution >= 4 is 63.4 Å². The monoisotopic (exact) mass is 907 g/mol. The number of carbonyl (C=O) groups excluding carboxylic acids is 1. The van der Waals surface area contributed by atoms with Crippen molar-refractivity contribution in [1.82, 2.24) is 39.6 Å². The Kier molecular flexibility index (Phi) is 10.8. The number of fused-ring (bicyclic) bond motifs is 5. The number of anilines is 1. The highest BCUT2D eigenvalue weighted by molar-refractivity contribution is 7.92. The van der Waals surface area contributed by atoms with E-state index in [1.807, 2.05) is 0 Å². The second kappa shape index (κ2) is 15.4. The summed E-state index contributed by atoms with van der Waals surface area (Å²) in [5.74, 6) is -8.28. The Morgan fingerprint density at radius 1 is 1.05 bits per heavy atom. The fourth-order valence-electron chi connectivity index (χ4n) is 8.11. The molecule has 61 heavy (non-hydrogen) atoms. The number of nitrogens with one attached hydrogen (secondary N) is 2. The van der Waals surface area contributed by atoms with E-state index in [4.69, 9.17) is 21.3 Å². The number of ether oxygens (including phenoxy) is 1. The molecule has 3 atom stereocenters. The van der Waals surface area contributed by atoms with Crippen LogP contribution in [0.1, 0.15) is 53.0 Å². The van der Waals surface area contributed by atoms with E-state index < -0.39 is 83.8 Å². The van der Waals surface area contributed by atoms with Crippen LogP contribution in [0.4, 0.5) is 32.2 Å². The van der Waals surface area contributed by atoms with Crippen molar-refractivity contribution in [3.63, 3.8) is 0 Å². The molecule has 2 N–H and O–H groups in total. The lowest BCUT2D eigenvalue weighted by Crippen LogP contribution is -2.35. The van der Waals surface area contributed by atoms with Crippen molar-refractivity contribution in [2.24, 2.45) is 13.0 Å². The van der Waals surface area contributed by atoms with E-state index in [1.165, 1.54) is 16.9 Å². The second-order valence-electron chi connectivity index (χ2n) is 16.8.